The van der Waals surface area contributed by atoms with E-state index in [4.69, 9.17) is 5.26 Å². The maximum atomic E-state index is 11.4. The molecule has 5 nitrogen and oxygen atoms in total. The third-order valence-corrected chi connectivity index (χ3v) is 3.62. The predicted molar refractivity (Wildman–Crippen MR) is 62.1 cm³/mol. The van der Waals surface area contributed by atoms with Gasteiger partial charge in [0, 0.05) is 6.54 Å². The Bertz CT molecular complexity index is 351. The first-order chi connectivity index (χ1) is 7.08. The molecule has 2 atom stereocenters. The van der Waals surface area contributed by atoms with Crippen molar-refractivity contribution in [3.05, 3.63) is 0 Å². The van der Waals surface area contributed by atoms with E-state index in [0.717, 1.165) is 0 Å². The van der Waals surface area contributed by atoms with Crippen molar-refractivity contribution >= 4 is 10.0 Å². The van der Waals surface area contributed by atoms with Gasteiger partial charge in [-0.2, -0.15) is 5.26 Å². The van der Waals surface area contributed by atoms with Crippen molar-refractivity contribution in [3.8, 4) is 6.07 Å². The molecule has 0 aromatic carbocycles. The van der Waals surface area contributed by atoms with Crippen LogP contribution in [0.1, 0.15) is 34.1 Å². The van der Waals surface area contributed by atoms with Gasteiger partial charge in [0.2, 0.25) is 10.0 Å². The van der Waals surface area contributed by atoms with E-state index in [1.165, 1.54) is 6.92 Å². The van der Waals surface area contributed by atoms with Crippen LogP contribution in [-0.4, -0.2) is 31.4 Å². The van der Waals surface area contributed by atoms with Crippen LogP contribution in [0.5, 0.6) is 0 Å². The fraction of sp³-hybridized carbons (Fsp3) is 0.900. The number of nitrogens with zero attached hydrogens (tertiary/aromatic N) is 1. The Kier molecular flexibility index (Phi) is 5.39. The van der Waals surface area contributed by atoms with Gasteiger partial charge in [-0.05, 0) is 18.8 Å². The first-order valence-corrected chi connectivity index (χ1v) is 6.69. The lowest BCUT2D eigenvalue weighted by atomic mass is 9.89. The monoisotopic (exact) mass is 248 g/mol. The van der Waals surface area contributed by atoms with Crippen molar-refractivity contribution in [1.29, 1.82) is 5.26 Å². The van der Waals surface area contributed by atoms with Gasteiger partial charge in [-0.25, -0.2) is 13.1 Å². The molecule has 16 heavy (non-hydrogen) atoms. The molecule has 0 aliphatic carbocycles. The summed E-state index contributed by atoms with van der Waals surface area (Å²) in [6.45, 7) is 7.14. The highest BCUT2D eigenvalue weighted by molar-refractivity contribution is 7.90. The number of sulfonamides is 1. The topological polar surface area (TPSA) is 90.2 Å². The molecular formula is C10H20N2O3S. The van der Waals surface area contributed by atoms with Crippen molar-refractivity contribution in [2.24, 2.45) is 5.41 Å². The first-order valence-electron chi connectivity index (χ1n) is 5.14. The summed E-state index contributed by atoms with van der Waals surface area (Å²) in [5.74, 6) is 0. The number of aliphatic hydroxyl groups excluding tert-OH is 1. The van der Waals surface area contributed by atoms with Gasteiger partial charge in [-0.15, -0.1) is 0 Å². The lowest BCUT2D eigenvalue weighted by Crippen LogP contribution is -2.38. The van der Waals surface area contributed by atoms with Gasteiger partial charge in [0.1, 0.15) is 0 Å². The normalized spacial score (nSPS) is 16.5. The van der Waals surface area contributed by atoms with Crippen LogP contribution < -0.4 is 4.72 Å². The second-order valence-corrected chi connectivity index (χ2v) is 7.17. The fourth-order valence-electron chi connectivity index (χ4n) is 1.19. The minimum absolute atomic E-state index is 0.0500. The molecule has 6 heteroatoms. The molecule has 0 aromatic heterocycles. The standard InChI is InChI=1S/C10H20N2O3S/c1-8(6-11)16(14,15)12-7-9(13)5-10(2,3)4/h8-9,12-13H,5,7H2,1-4H3. The van der Waals surface area contributed by atoms with Crippen molar-refractivity contribution in [1.82, 2.24) is 4.72 Å². The van der Waals surface area contributed by atoms with E-state index in [1.54, 1.807) is 6.07 Å². The molecule has 0 spiro atoms. The van der Waals surface area contributed by atoms with Crippen molar-refractivity contribution < 1.29 is 13.5 Å². The van der Waals surface area contributed by atoms with Crippen LogP contribution in [0.25, 0.3) is 0 Å². The van der Waals surface area contributed by atoms with Crippen molar-refractivity contribution in [2.45, 2.75) is 45.5 Å². The molecule has 0 saturated carbocycles. The molecule has 2 unspecified atom stereocenters. The van der Waals surface area contributed by atoms with Gasteiger partial charge in [0.05, 0.1) is 12.2 Å². The molecule has 94 valence electrons. The van der Waals surface area contributed by atoms with Crippen LogP contribution in [0, 0.1) is 16.7 Å². The van der Waals surface area contributed by atoms with E-state index in [0.29, 0.717) is 6.42 Å². The molecule has 0 aromatic rings. The Balaban J connectivity index is 4.22. The van der Waals surface area contributed by atoms with E-state index >= 15 is 0 Å². The Morgan fingerprint density at radius 2 is 1.94 bits per heavy atom. The van der Waals surface area contributed by atoms with Gasteiger partial charge in [0.25, 0.3) is 0 Å². The number of rotatable bonds is 5. The summed E-state index contributed by atoms with van der Waals surface area (Å²) in [4.78, 5) is 0. The molecule has 0 heterocycles. The maximum absolute atomic E-state index is 11.4. The molecule has 0 aliphatic heterocycles. The Hall–Kier alpha value is -0.640. The van der Waals surface area contributed by atoms with Crippen LogP contribution in [-0.2, 0) is 10.0 Å². The summed E-state index contributed by atoms with van der Waals surface area (Å²) in [6, 6.07) is 1.65. The smallest absolute Gasteiger partial charge is 0.227 e. The summed E-state index contributed by atoms with van der Waals surface area (Å²) in [7, 11) is -3.63. The molecule has 0 saturated heterocycles. The molecule has 0 aliphatic rings. The zero-order valence-corrected chi connectivity index (χ0v) is 11.0. The molecule has 2 N–H and O–H groups in total. The lowest BCUT2D eigenvalue weighted by Gasteiger charge is -2.22. The van der Waals surface area contributed by atoms with Gasteiger partial charge >= 0.3 is 0 Å². The minimum Gasteiger partial charge on any atom is -0.392 e. The van der Waals surface area contributed by atoms with Gasteiger partial charge in [-0.1, -0.05) is 20.8 Å². The quantitative estimate of drug-likeness (QED) is 0.746. The van der Waals surface area contributed by atoms with Gasteiger partial charge in [0.15, 0.2) is 5.25 Å². The first kappa shape index (κ1) is 15.4. The number of nitriles is 1. The predicted octanol–water partition coefficient (Wildman–Crippen LogP) is 0.615. The Morgan fingerprint density at radius 3 is 2.31 bits per heavy atom. The van der Waals surface area contributed by atoms with Crippen LogP contribution >= 0.6 is 0 Å². The summed E-state index contributed by atoms with van der Waals surface area (Å²) in [5.41, 5.74) is -0.0638. The summed E-state index contributed by atoms with van der Waals surface area (Å²) < 4.78 is 25.0. The second-order valence-electron chi connectivity index (χ2n) is 5.08. The maximum Gasteiger partial charge on any atom is 0.227 e. The van der Waals surface area contributed by atoms with E-state index in [2.05, 4.69) is 4.72 Å². The summed E-state index contributed by atoms with van der Waals surface area (Å²) in [5, 5.41) is 17.0. The number of hydrogen-bond acceptors (Lipinski definition) is 4. The summed E-state index contributed by atoms with van der Waals surface area (Å²) >= 11 is 0. The molecule has 0 fully saturated rings. The van der Waals surface area contributed by atoms with E-state index in [-0.39, 0.29) is 12.0 Å². The van der Waals surface area contributed by atoms with Gasteiger partial charge < -0.3 is 5.11 Å². The van der Waals surface area contributed by atoms with Crippen molar-refractivity contribution in [2.75, 3.05) is 6.54 Å². The summed E-state index contributed by atoms with van der Waals surface area (Å²) in [6.07, 6.45) is -0.239. The number of nitrogens with one attached hydrogen (secondary N) is 1. The van der Waals surface area contributed by atoms with Gasteiger partial charge in [-0.3, -0.25) is 0 Å². The zero-order valence-electron chi connectivity index (χ0n) is 10.2. The molecule has 0 radical (unpaired) electrons. The molecular weight excluding hydrogens is 228 g/mol. The number of hydrogen-bond donors (Lipinski definition) is 2. The number of aliphatic hydroxyl groups is 1. The highest BCUT2D eigenvalue weighted by Crippen LogP contribution is 2.20. The largest absolute Gasteiger partial charge is 0.392 e. The van der Waals surface area contributed by atoms with E-state index < -0.39 is 21.4 Å². The Morgan fingerprint density at radius 1 is 1.44 bits per heavy atom. The average molecular weight is 248 g/mol. The van der Waals surface area contributed by atoms with Crippen LogP contribution in [0.4, 0.5) is 0 Å². The molecule has 0 rings (SSSR count). The fourth-order valence-corrected chi connectivity index (χ4v) is 2.00. The SMILES string of the molecule is CC(C#N)S(=O)(=O)NCC(O)CC(C)(C)C. The van der Waals surface area contributed by atoms with Crippen LogP contribution in [0.15, 0.2) is 0 Å². The minimum atomic E-state index is -3.63. The lowest BCUT2D eigenvalue weighted by molar-refractivity contribution is 0.125. The zero-order chi connectivity index (χ0) is 13.0. The van der Waals surface area contributed by atoms with E-state index in [1.807, 2.05) is 20.8 Å². The van der Waals surface area contributed by atoms with Crippen molar-refractivity contribution in [3.63, 3.8) is 0 Å². The van der Waals surface area contributed by atoms with E-state index in [9.17, 15) is 13.5 Å². The highest BCUT2D eigenvalue weighted by atomic mass is 32.2. The third-order valence-electron chi connectivity index (χ3n) is 2.02. The molecule has 0 bridgehead atoms. The van der Waals surface area contributed by atoms with Crippen LogP contribution in [0.3, 0.4) is 0 Å². The second kappa shape index (κ2) is 5.62. The highest BCUT2D eigenvalue weighted by Gasteiger charge is 2.22. The molecule has 0 amide bonds. The van der Waals surface area contributed by atoms with Crippen LogP contribution in [0.2, 0.25) is 0 Å². The third kappa shape index (κ3) is 6.05. The average Bonchev–Trinajstić information content (AvgIpc) is 2.11. The Labute approximate surface area is 97.5 Å².